The normalized spacial score (nSPS) is 13.0. The molecule has 0 aromatic heterocycles. The van der Waals surface area contributed by atoms with Crippen LogP contribution in [0.4, 0.5) is 0 Å². The Morgan fingerprint density at radius 1 is 0.476 bits per heavy atom. The number of carboxylic acids is 1. The maximum atomic E-state index is 12.8. The topological polar surface area (TPSA) is 99.1 Å². The van der Waals surface area contributed by atoms with E-state index >= 15 is 0 Å². The minimum absolute atomic E-state index is 0.0548. The number of carbonyl (C=O) groups excluding carboxylic acids is 2. The molecule has 0 rings (SSSR count). The van der Waals surface area contributed by atoms with Gasteiger partial charge in [0.2, 0.25) is 0 Å². The average Bonchev–Trinajstić information content (AvgIpc) is 3.24. The predicted molar refractivity (Wildman–Crippen MR) is 266 cm³/mol. The first-order valence-corrected chi connectivity index (χ1v) is 26.9. The SMILES string of the molecule is CCCCCCCCC/C=C/C=C/CCCCCC(=O)OC(COCCC(C(=O)O)[N+](C)(C)C)COC(=O)CCCCCCCCCCCCCCCCCCCCCCCCC. The Morgan fingerprint density at radius 3 is 1.21 bits per heavy atom. The smallest absolute Gasteiger partial charge is 0.362 e. The number of quaternary nitrogens is 1. The Bertz CT molecular complexity index is 1080. The fraction of sp³-hybridized carbons (Fsp3) is 0.873. The van der Waals surface area contributed by atoms with Gasteiger partial charge in [-0.25, -0.2) is 4.79 Å². The van der Waals surface area contributed by atoms with E-state index in [1.807, 2.05) is 21.1 Å². The highest BCUT2D eigenvalue weighted by Gasteiger charge is 2.31. The van der Waals surface area contributed by atoms with Gasteiger partial charge < -0.3 is 23.8 Å². The first-order valence-electron chi connectivity index (χ1n) is 26.9. The summed E-state index contributed by atoms with van der Waals surface area (Å²) in [5, 5.41) is 9.65. The number of hydrogen-bond acceptors (Lipinski definition) is 6. The molecule has 0 aliphatic carbocycles. The fourth-order valence-electron chi connectivity index (χ4n) is 8.20. The Balaban J connectivity index is 4.18. The second-order valence-corrected chi connectivity index (χ2v) is 19.5. The van der Waals surface area contributed by atoms with Gasteiger partial charge >= 0.3 is 17.9 Å². The Labute approximate surface area is 390 Å². The summed E-state index contributed by atoms with van der Waals surface area (Å²) in [7, 11) is 5.53. The minimum Gasteiger partial charge on any atom is -0.477 e. The zero-order chi connectivity index (χ0) is 46.3. The number of nitrogens with zero attached hydrogens (tertiary/aromatic N) is 1. The molecule has 8 nitrogen and oxygen atoms in total. The van der Waals surface area contributed by atoms with E-state index in [4.69, 9.17) is 14.2 Å². The highest BCUT2D eigenvalue weighted by molar-refractivity contribution is 5.72. The summed E-state index contributed by atoms with van der Waals surface area (Å²) in [6.07, 6.45) is 53.8. The van der Waals surface area contributed by atoms with Crippen molar-refractivity contribution in [3.05, 3.63) is 24.3 Å². The van der Waals surface area contributed by atoms with Crippen molar-refractivity contribution in [2.24, 2.45) is 0 Å². The lowest BCUT2D eigenvalue weighted by Crippen LogP contribution is -2.50. The van der Waals surface area contributed by atoms with Gasteiger partial charge in [-0.15, -0.1) is 0 Å². The minimum atomic E-state index is -0.876. The van der Waals surface area contributed by atoms with Gasteiger partial charge in [-0.1, -0.05) is 224 Å². The number of unbranched alkanes of at least 4 members (excludes halogenated alkanes) is 32. The molecule has 2 atom stereocenters. The van der Waals surface area contributed by atoms with Crippen molar-refractivity contribution in [1.82, 2.24) is 0 Å². The number of aliphatic carboxylic acids is 1. The zero-order valence-corrected chi connectivity index (χ0v) is 42.3. The van der Waals surface area contributed by atoms with Crippen LogP contribution in [0.2, 0.25) is 0 Å². The first-order chi connectivity index (χ1) is 30.6. The van der Waals surface area contributed by atoms with Crippen molar-refractivity contribution < 1.29 is 38.2 Å². The van der Waals surface area contributed by atoms with Crippen LogP contribution in [0, 0.1) is 0 Å². The van der Waals surface area contributed by atoms with Gasteiger partial charge in [0.25, 0.3) is 0 Å². The molecule has 0 heterocycles. The molecule has 0 spiro atoms. The summed E-state index contributed by atoms with van der Waals surface area (Å²) in [5.74, 6) is -1.48. The molecule has 0 aromatic carbocycles. The monoisotopic (exact) mass is 891 g/mol. The molecule has 1 N–H and O–H groups in total. The molecule has 0 saturated heterocycles. The van der Waals surface area contributed by atoms with Crippen molar-refractivity contribution in [2.45, 2.75) is 270 Å². The third-order valence-corrected chi connectivity index (χ3v) is 12.4. The van der Waals surface area contributed by atoms with Crippen LogP contribution in [-0.2, 0) is 28.6 Å². The van der Waals surface area contributed by atoms with Gasteiger partial charge in [0.1, 0.15) is 6.61 Å². The summed E-state index contributed by atoms with van der Waals surface area (Å²) in [4.78, 5) is 37.2. The van der Waals surface area contributed by atoms with Crippen molar-refractivity contribution in [3.8, 4) is 0 Å². The van der Waals surface area contributed by atoms with Crippen molar-refractivity contribution in [2.75, 3.05) is 41.0 Å². The van der Waals surface area contributed by atoms with E-state index in [9.17, 15) is 19.5 Å². The third kappa shape index (κ3) is 44.8. The zero-order valence-electron chi connectivity index (χ0n) is 42.3. The first kappa shape index (κ1) is 60.8. The molecule has 63 heavy (non-hydrogen) atoms. The molecule has 0 aliphatic rings. The van der Waals surface area contributed by atoms with Gasteiger partial charge in [0, 0.05) is 19.3 Å². The lowest BCUT2D eigenvalue weighted by molar-refractivity contribution is -0.887. The summed E-state index contributed by atoms with van der Waals surface area (Å²) in [6, 6.07) is -0.617. The number of carboxylic acid groups (broad SMARTS) is 1. The molecule has 0 radical (unpaired) electrons. The number of esters is 2. The van der Waals surface area contributed by atoms with Gasteiger partial charge in [0.05, 0.1) is 34.4 Å². The van der Waals surface area contributed by atoms with Crippen LogP contribution >= 0.6 is 0 Å². The molecule has 370 valence electrons. The number of hydrogen-bond donors (Lipinski definition) is 1. The Morgan fingerprint density at radius 2 is 0.825 bits per heavy atom. The summed E-state index contributed by atoms with van der Waals surface area (Å²) < 4.78 is 17.3. The highest BCUT2D eigenvalue weighted by atomic mass is 16.6. The van der Waals surface area contributed by atoms with Crippen LogP contribution in [0.25, 0.3) is 0 Å². The second-order valence-electron chi connectivity index (χ2n) is 19.5. The van der Waals surface area contributed by atoms with Crippen molar-refractivity contribution in [3.63, 3.8) is 0 Å². The number of allylic oxidation sites excluding steroid dienone is 4. The van der Waals surface area contributed by atoms with Crippen LogP contribution in [0.1, 0.15) is 258 Å². The maximum Gasteiger partial charge on any atom is 0.362 e. The standard InChI is InChI=1S/C55H103NO7/c1-6-8-10-12-14-16-18-20-22-24-25-26-27-28-29-30-32-33-35-37-39-41-43-45-53(57)62-50-51(49-61-48-47-52(55(59)60)56(3,4)5)63-54(58)46-44-42-40-38-36-34-31-23-21-19-17-15-13-11-9-7-2/h23,31,34,36,51-52H,6-22,24-30,32-33,35,37-50H2,1-5H3/p+1/b31-23+,36-34+. The van der Waals surface area contributed by atoms with Gasteiger partial charge in [0.15, 0.2) is 12.1 Å². The number of ether oxygens (including phenoxy) is 3. The Hall–Kier alpha value is -2.19. The van der Waals surface area contributed by atoms with E-state index in [1.165, 1.54) is 173 Å². The molecule has 0 bridgehead atoms. The summed E-state index contributed by atoms with van der Waals surface area (Å²) in [6.45, 7) is 4.75. The molecule has 0 saturated carbocycles. The molecule has 8 heteroatoms. The summed E-state index contributed by atoms with van der Waals surface area (Å²) >= 11 is 0. The highest BCUT2D eigenvalue weighted by Crippen LogP contribution is 2.17. The van der Waals surface area contributed by atoms with Gasteiger partial charge in [-0.3, -0.25) is 9.59 Å². The van der Waals surface area contributed by atoms with Crippen molar-refractivity contribution in [1.29, 1.82) is 0 Å². The molecular weight excluding hydrogens is 787 g/mol. The molecule has 0 amide bonds. The second kappa shape index (κ2) is 46.3. The van der Waals surface area contributed by atoms with E-state index in [-0.39, 0.29) is 36.2 Å². The molecular formula is C55H104NO7+. The van der Waals surface area contributed by atoms with Crippen LogP contribution in [0.3, 0.4) is 0 Å². The maximum absolute atomic E-state index is 12.8. The largest absolute Gasteiger partial charge is 0.477 e. The van der Waals surface area contributed by atoms with E-state index in [0.29, 0.717) is 19.3 Å². The van der Waals surface area contributed by atoms with E-state index < -0.39 is 18.1 Å². The number of carbonyl (C=O) groups is 3. The Kier molecular flexibility index (Phi) is 44.7. The fourth-order valence-corrected chi connectivity index (χ4v) is 8.20. The predicted octanol–water partition coefficient (Wildman–Crippen LogP) is 15.6. The molecule has 2 unspecified atom stereocenters. The van der Waals surface area contributed by atoms with Crippen LogP contribution < -0.4 is 0 Å². The molecule has 0 fully saturated rings. The van der Waals surface area contributed by atoms with E-state index in [2.05, 4.69) is 38.2 Å². The van der Waals surface area contributed by atoms with E-state index in [1.54, 1.807) is 0 Å². The van der Waals surface area contributed by atoms with Gasteiger partial charge in [-0.05, 0) is 38.5 Å². The molecule has 0 aliphatic heterocycles. The quantitative estimate of drug-likeness (QED) is 0.0281. The van der Waals surface area contributed by atoms with Crippen LogP contribution in [0.5, 0.6) is 0 Å². The van der Waals surface area contributed by atoms with Crippen molar-refractivity contribution >= 4 is 17.9 Å². The average molecular weight is 891 g/mol. The lowest BCUT2D eigenvalue weighted by atomic mass is 10.0. The molecule has 0 aromatic rings. The lowest BCUT2D eigenvalue weighted by Gasteiger charge is -2.31. The van der Waals surface area contributed by atoms with E-state index in [0.717, 1.165) is 51.4 Å². The number of rotatable bonds is 49. The third-order valence-electron chi connectivity index (χ3n) is 12.4. The number of likely N-dealkylation sites (N-methyl/N-ethyl adjacent to an activating group) is 1. The van der Waals surface area contributed by atoms with Gasteiger partial charge in [-0.2, -0.15) is 0 Å². The summed E-state index contributed by atoms with van der Waals surface area (Å²) in [5.41, 5.74) is 0. The van der Waals surface area contributed by atoms with Crippen LogP contribution in [0.15, 0.2) is 24.3 Å². The van der Waals surface area contributed by atoms with Crippen LogP contribution in [-0.4, -0.2) is 80.6 Å².